The first-order valence-corrected chi connectivity index (χ1v) is 26.5. The van der Waals surface area contributed by atoms with Crippen LogP contribution in [0.2, 0.25) is 0 Å². The Labute approximate surface area is 464 Å². The second kappa shape index (κ2) is 23.7. The van der Waals surface area contributed by atoms with Gasteiger partial charge < -0.3 is 28.4 Å². The smallest absolute Gasteiger partial charge is 0.411 e. The van der Waals surface area contributed by atoms with E-state index in [0.29, 0.717) is 59.0 Å². The number of ketones is 3. The van der Waals surface area contributed by atoms with Crippen molar-refractivity contribution in [1.82, 2.24) is 0 Å². The summed E-state index contributed by atoms with van der Waals surface area (Å²) in [4.78, 5) is 41.0. The van der Waals surface area contributed by atoms with Crippen LogP contribution in [0.15, 0.2) is 182 Å². The lowest BCUT2D eigenvalue weighted by atomic mass is 9.73. The maximum atomic E-state index is 15.1. The van der Waals surface area contributed by atoms with E-state index in [4.69, 9.17) is 28.4 Å². The molecule has 2 heterocycles. The number of benzene rings is 8. The minimum atomic E-state index is -5.84. The van der Waals surface area contributed by atoms with E-state index in [1.807, 2.05) is 32.0 Å². The van der Waals surface area contributed by atoms with E-state index < -0.39 is 35.2 Å². The molecule has 0 radical (unpaired) electrons. The van der Waals surface area contributed by atoms with Crippen LogP contribution in [0.3, 0.4) is 0 Å². The highest BCUT2D eigenvalue weighted by Gasteiger charge is 2.72. The van der Waals surface area contributed by atoms with Crippen LogP contribution in [-0.4, -0.2) is 55.5 Å². The number of hydrogen-bond acceptors (Lipinski definition) is 9. The lowest BCUT2D eigenvalue weighted by Crippen LogP contribution is -2.54. The van der Waals surface area contributed by atoms with Crippen molar-refractivity contribution in [2.45, 2.75) is 82.7 Å². The average molecular weight is 1110 g/mol. The molecule has 9 nitrogen and oxygen atoms in total. The zero-order chi connectivity index (χ0) is 56.9. The third kappa shape index (κ3) is 12.3. The summed E-state index contributed by atoms with van der Waals surface area (Å²) in [6.07, 6.45) is -7.30. The minimum absolute atomic E-state index is 0.0338. The van der Waals surface area contributed by atoms with Crippen LogP contribution in [0, 0.1) is 13.8 Å². The fourth-order valence-electron chi connectivity index (χ4n) is 9.96. The van der Waals surface area contributed by atoms with Crippen LogP contribution in [0.4, 0.5) is 26.3 Å². The Balaban J connectivity index is 0.800. The molecular weight excluding hydrogens is 1050 g/mol. The van der Waals surface area contributed by atoms with Crippen molar-refractivity contribution in [1.29, 1.82) is 0 Å². The van der Waals surface area contributed by atoms with E-state index in [9.17, 15) is 14.4 Å². The van der Waals surface area contributed by atoms with E-state index in [-0.39, 0.29) is 52.2 Å². The summed E-state index contributed by atoms with van der Waals surface area (Å²) >= 11 is 0. The highest BCUT2D eigenvalue weighted by Crippen LogP contribution is 2.56. The minimum Gasteiger partial charge on any atom is -0.465 e. The molecule has 2 unspecified atom stereocenters. The fourth-order valence-corrected chi connectivity index (χ4v) is 9.96. The number of halogens is 6. The number of carbonyl (C=O) groups is 3. The predicted octanol–water partition coefficient (Wildman–Crippen LogP) is 16.5. The molecular formula is C66H54F6O9. The zero-order valence-corrected chi connectivity index (χ0v) is 44.1. The van der Waals surface area contributed by atoms with Crippen molar-refractivity contribution >= 4 is 17.3 Å². The Hall–Kier alpha value is -8.53. The monoisotopic (exact) mass is 1100 g/mol. The second-order valence-corrected chi connectivity index (χ2v) is 20.0. The summed E-state index contributed by atoms with van der Waals surface area (Å²) in [6, 6.07) is 43.5. The molecule has 0 bridgehead atoms. The van der Waals surface area contributed by atoms with E-state index in [0.717, 1.165) is 103 Å². The number of ether oxygens (including phenoxy) is 6. The normalized spacial score (nSPS) is 15.8. The molecule has 2 saturated heterocycles. The number of carbonyl (C=O) groups excluding carboxylic acids is 3. The molecule has 15 heteroatoms. The maximum Gasteiger partial charge on any atom is 0.411 e. The average Bonchev–Trinajstić information content (AvgIpc) is 3.57. The highest BCUT2D eigenvalue weighted by molar-refractivity contribution is 6.12. The highest BCUT2D eigenvalue weighted by atomic mass is 19.4. The number of rotatable bonds is 17. The van der Waals surface area contributed by atoms with Gasteiger partial charge in [0.2, 0.25) is 5.41 Å². The van der Waals surface area contributed by atoms with Gasteiger partial charge in [0, 0.05) is 46.7 Å². The Morgan fingerprint density at radius 2 is 0.827 bits per heavy atom. The zero-order valence-electron chi connectivity index (χ0n) is 44.1. The third-order valence-electron chi connectivity index (χ3n) is 14.4. The molecule has 414 valence electrons. The molecule has 0 aliphatic carbocycles. The molecule has 0 saturated carbocycles. The lowest BCUT2D eigenvalue weighted by Gasteiger charge is -2.38. The van der Waals surface area contributed by atoms with Crippen LogP contribution >= 0.6 is 0 Å². The number of alkyl halides is 6. The molecule has 8 aromatic rings. The summed E-state index contributed by atoms with van der Waals surface area (Å²) in [6.45, 7) is 4.93. The van der Waals surface area contributed by atoms with Crippen molar-refractivity contribution in [3.8, 4) is 45.6 Å². The largest absolute Gasteiger partial charge is 0.465 e. The van der Waals surface area contributed by atoms with Gasteiger partial charge in [0.25, 0.3) is 0 Å². The first-order valence-electron chi connectivity index (χ1n) is 26.5. The summed E-state index contributed by atoms with van der Waals surface area (Å²) in [7, 11) is 0. The molecule has 0 aromatic heterocycles. The van der Waals surface area contributed by atoms with E-state index in [1.165, 1.54) is 48.5 Å². The molecule has 2 fully saturated rings. The molecule has 0 spiro atoms. The van der Waals surface area contributed by atoms with Crippen LogP contribution in [0.5, 0.6) is 34.5 Å². The predicted molar refractivity (Wildman–Crippen MR) is 292 cm³/mol. The van der Waals surface area contributed by atoms with Gasteiger partial charge in [0.05, 0.1) is 18.8 Å². The van der Waals surface area contributed by atoms with Gasteiger partial charge in [-0.3, -0.25) is 14.4 Å². The number of aryl methyl sites for hydroxylation is 2. The van der Waals surface area contributed by atoms with Crippen LogP contribution in [-0.2, 0) is 14.9 Å². The molecule has 10 rings (SSSR count). The van der Waals surface area contributed by atoms with Gasteiger partial charge in [0.1, 0.15) is 34.5 Å². The van der Waals surface area contributed by atoms with Crippen LogP contribution < -0.4 is 18.9 Å². The molecule has 0 N–H and O–H groups in total. The molecule has 81 heavy (non-hydrogen) atoms. The number of hydrogen-bond donors (Lipinski definition) is 0. The first-order chi connectivity index (χ1) is 38.9. The van der Waals surface area contributed by atoms with Gasteiger partial charge in [-0.25, -0.2) is 0 Å². The van der Waals surface area contributed by atoms with Crippen molar-refractivity contribution in [3.63, 3.8) is 0 Å². The fraction of sp³-hybridized carbons (Fsp3) is 0.227. The Morgan fingerprint density at radius 3 is 1.27 bits per heavy atom. The third-order valence-corrected chi connectivity index (χ3v) is 14.4. The Kier molecular flexibility index (Phi) is 16.3. The van der Waals surface area contributed by atoms with Gasteiger partial charge in [-0.1, -0.05) is 90.5 Å². The Bertz CT molecular complexity index is 3500. The summed E-state index contributed by atoms with van der Waals surface area (Å²) in [5.74, 6) is 0.341. The topological polar surface area (TPSA) is 107 Å². The summed E-state index contributed by atoms with van der Waals surface area (Å²) < 4.78 is 126. The van der Waals surface area contributed by atoms with Crippen molar-refractivity contribution in [2.24, 2.45) is 0 Å². The Morgan fingerprint density at radius 1 is 0.420 bits per heavy atom. The van der Waals surface area contributed by atoms with Gasteiger partial charge in [-0.05, 0) is 158 Å². The lowest BCUT2D eigenvalue weighted by molar-refractivity contribution is -0.288. The molecule has 0 amide bonds. The van der Waals surface area contributed by atoms with Crippen molar-refractivity contribution < 1.29 is 69.1 Å². The summed E-state index contributed by atoms with van der Waals surface area (Å²) in [5.41, 5.74) is -1.11. The van der Waals surface area contributed by atoms with E-state index >= 15 is 26.3 Å². The molecule has 8 aromatic carbocycles. The molecule has 2 aliphatic rings. The quantitative estimate of drug-likeness (QED) is 0.0651. The van der Waals surface area contributed by atoms with Gasteiger partial charge in [-0.2, -0.15) is 26.3 Å². The molecule has 2 aliphatic heterocycles. The standard InChI is InChI=1S/C66H54F6O9/c1-41-9-12-44(13-10-41)61(73)46-19-27-51(28-20-46)78-53-31-23-49(24-32-53)64(65(67,68)69,66(70,71)72)50-25-33-54(34-26-50)79-52-29-21-47(22-30-52)62(74)45-17-15-43(16-18-45)48-14-11-42(2)57(39-48)63(75)56-36-35-55(80-59-7-3-5-37-76-59)40-58(56)81-60-8-4-6-38-77-60/h9-36,39-40,59-60H,3-8,37-38H2,1-2H3. The SMILES string of the molecule is Cc1ccc(C(=O)c2ccc(Oc3ccc(C(c4ccc(Oc5ccc(C(=O)c6ccc(-c7ccc(C)c(C(=O)c8ccc(OC9CCCCO9)cc8OC8CCCCO8)c7)cc6)cc5)cc4)(C(F)(F)F)C(F)(F)F)cc3)cc2)cc1. The van der Waals surface area contributed by atoms with Crippen LogP contribution in [0.25, 0.3) is 11.1 Å². The summed E-state index contributed by atoms with van der Waals surface area (Å²) in [5, 5.41) is 0. The van der Waals surface area contributed by atoms with Gasteiger partial charge in [0.15, 0.2) is 29.9 Å². The van der Waals surface area contributed by atoms with Gasteiger partial charge >= 0.3 is 12.4 Å². The second-order valence-electron chi connectivity index (χ2n) is 20.0. The van der Waals surface area contributed by atoms with Crippen molar-refractivity contribution in [3.05, 3.63) is 238 Å². The van der Waals surface area contributed by atoms with E-state index in [2.05, 4.69) is 0 Å². The first kappa shape index (κ1) is 55.8. The van der Waals surface area contributed by atoms with E-state index in [1.54, 1.807) is 66.7 Å². The molecule has 2 atom stereocenters. The maximum absolute atomic E-state index is 15.1. The van der Waals surface area contributed by atoms with Crippen LogP contribution in [0.1, 0.15) is 109 Å². The van der Waals surface area contributed by atoms with Crippen molar-refractivity contribution in [2.75, 3.05) is 13.2 Å². The van der Waals surface area contributed by atoms with Gasteiger partial charge in [-0.15, -0.1) is 0 Å².